The van der Waals surface area contributed by atoms with Gasteiger partial charge in [-0.25, -0.2) is 15.0 Å². The Hall–Kier alpha value is -4.19. The first-order valence-corrected chi connectivity index (χ1v) is 9.76. The van der Waals surface area contributed by atoms with Crippen LogP contribution < -0.4 is 15.9 Å². The van der Waals surface area contributed by atoms with Gasteiger partial charge in [0, 0.05) is 30.4 Å². The van der Waals surface area contributed by atoms with E-state index in [9.17, 15) is 0 Å². The lowest BCUT2D eigenvalue weighted by atomic mass is 10.2. The molecule has 0 aromatic carbocycles. The largest absolute Gasteiger partial charge is 0.355 e. The van der Waals surface area contributed by atoms with Crippen molar-refractivity contribution in [1.82, 2.24) is 15.2 Å². The maximum Gasteiger partial charge on any atom is 0.119 e. The molecular weight excluding hydrogens is 372 g/mol. The summed E-state index contributed by atoms with van der Waals surface area (Å²) in [5.74, 6) is 1.02. The van der Waals surface area contributed by atoms with Gasteiger partial charge in [-0.05, 0) is 66.8 Å². The van der Waals surface area contributed by atoms with Gasteiger partial charge in [-0.15, -0.1) is 0 Å². The molecule has 6 rings (SSSR count). The summed E-state index contributed by atoms with van der Waals surface area (Å²) in [5.41, 5.74) is 6.32. The molecule has 0 radical (unpaired) electrons. The molecular formula is C24H18N6. The second kappa shape index (κ2) is 6.42. The fourth-order valence-electron chi connectivity index (χ4n) is 3.83. The normalized spacial score (nSPS) is 22.4. The predicted molar refractivity (Wildman–Crippen MR) is 122 cm³/mol. The van der Waals surface area contributed by atoms with Crippen molar-refractivity contribution in [2.45, 2.75) is 0 Å². The number of nitrogens with zero attached hydrogens (tertiary/aromatic N) is 4. The second-order valence-electron chi connectivity index (χ2n) is 7.43. The molecule has 0 atom stereocenters. The standard InChI is InChI=1S/C24H18N6/c1-30-9-8-25-24(30)22-13-21-12-19-5-4-17(27-19)10-15-2-3-16(26-15)11-18-6-7-20(28-18)14-23(22)29-21/h2-14,25,29H,1H3. The lowest BCUT2D eigenvalue weighted by Crippen LogP contribution is -2.32. The number of hydrogen-bond acceptors (Lipinski definition) is 5. The van der Waals surface area contributed by atoms with Gasteiger partial charge in [-0.1, -0.05) is 0 Å². The average molecular weight is 390 g/mol. The number of hydrogen-bond donors (Lipinski definition) is 2. The van der Waals surface area contributed by atoms with Gasteiger partial charge in [-0.3, -0.25) is 0 Å². The predicted octanol–water partition coefficient (Wildman–Crippen LogP) is 2.02. The molecule has 144 valence electrons. The summed E-state index contributed by atoms with van der Waals surface area (Å²) >= 11 is 0. The summed E-state index contributed by atoms with van der Waals surface area (Å²) < 4.78 is 0. The zero-order chi connectivity index (χ0) is 20.1. The Morgan fingerprint density at radius 2 is 1.33 bits per heavy atom. The highest BCUT2D eigenvalue weighted by Gasteiger charge is 2.12. The van der Waals surface area contributed by atoms with E-state index in [0.717, 1.165) is 56.3 Å². The van der Waals surface area contributed by atoms with Crippen molar-refractivity contribution in [2.75, 3.05) is 7.05 Å². The first-order valence-electron chi connectivity index (χ1n) is 9.76. The van der Waals surface area contributed by atoms with Crippen molar-refractivity contribution < 1.29 is 0 Å². The molecule has 8 bridgehead atoms. The third-order valence-electron chi connectivity index (χ3n) is 5.23. The topological polar surface area (TPSA) is 68.1 Å². The quantitative estimate of drug-likeness (QED) is 0.712. The number of aromatic amines is 1. The molecule has 0 fully saturated rings. The Kier molecular flexibility index (Phi) is 3.58. The lowest BCUT2D eigenvalue weighted by Gasteiger charge is -2.09. The van der Waals surface area contributed by atoms with Crippen molar-refractivity contribution in [3.05, 3.63) is 100 Å². The molecule has 30 heavy (non-hydrogen) atoms. The van der Waals surface area contributed by atoms with Gasteiger partial charge in [-0.2, -0.15) is 0 Å². The maximum atomic E-state index is 4.74. The van der Waals surface area contributed by atoms with Crippen LogP contribution in [0.3, 0.4) is 0 Å². The number of aromatic nitrogens is 1. The van der Waals surface area contributed by atoms with Gasteiger partial charge >= 0.3 is 0 Å². The molecule has 5 aliphatic heterocycles. The zero-order valence-electron chi connectivity index (χ0n) is 16.3. The minimum atomic E-state index is 0.886. The Morgan fingerprint density at radius 3 is 1.93 bits per heavy atom. The van der Waals surface area contributed by atoms with Crippen LogP contribution in [0.25, 0.3) is 18.0 Å². The number of fused-ring (bicyclic) bond motifs is 5. The van der Waals surface area contributed by atoms with Crippen molar-refractivity contribution in [3.8, 4) is 0 Å². The molecule has 6 heteroatoms. The van der Waals surface area contributed by atoms with Crippen molar-refractivity contribution >= 4 is 35.1 Å². The molecule has 2 N–H and O–H groups in total. The number of H-pyrrole nitrogens is 1. The van der Waals surface area contributed by atoms with E-state index in [-0.39, 0.29) is 0 Å². The van der Waals surface area contributed by atoms with Crippen LogP contribution >= 0.6 is 0 Å². The zero-order valence-corrected chi connectivity index (χ0v) is 16.3. The highest BCUT2D eigenvalue weighted by Crippen LogP contribution is 2.18. The minimum absolute atomic E-state index is 0.886. The second-order valence-corrected chi connectivity index (χ2v) is 7.43. The van der Waals surface area contributed by atoms with Gasteiger partial charge in [0.1, 0.15) is 5.82 Å². The van der Waals surface area contributed by atoms with E-state index in [4.69, 9.17) is 9.98 Å². The van der Waals surface area contributed by atoms with Crippen molar-refractivity contribution in [2.24, 2.45) is 15.0 Å². The summed E-state index contributed by atoms with van der Waals surface area (Å²) in [6, 6.07) is 2.13. The average Bonchev–Trinajstić information content (AvgIpc) is 3.51. The molecule has 6 heterocycles. The first-order chi connectivity index (χ1) is 14.7. The Balaban J connectivity index is 1.59. The van der Waals surface area contributed by atoms with Crippen molar-refractivity contribution in [3.63, 3.8) is 0 Å². The van der Waals surface area contributed by atoms with Crippen LogP contribution in [0.1, 0.15) is 5.69 Å². The summed E-state index contributed by atoms with van der Waals surface area (Å²) in [6.45, 7) is 0. The number of nitrogens with one attached hydrogen (secondary N) is 2. The third kappa shape index (κ3) is 2.95. The lowest BCUT2D eigenvalue weighted by molar-refractivity contribution is 0.650. The molecule has 0 spiro atoms. The van der Waals surface area contributed by atoms with Crippen LogP contribution in [0.4, 0.5) is 0 Å². The summed E-state index contributed by atoms with van der Waals surface area (Å²) in [6.07, 6.45) is 24.1. The van der Waals surface area contributed by atoms with Crippen LogP contribution in [0.5, 0.6) is 0 Å². The van der Waals surface area contributed by atoms with E-state index < -0.39 is 0 Å². The first kappa shape index (κ1) is 16.7. The monoisotopic (exact) mass is 390 g/mol. The van der Waals surface area contributed by atoms with E-state index in [1.54, 1.807) is 0 Å². The number of rotatable bonds is 0. The molecule has 0 saturated heterocycles. The molecule has 1 aromatic heterocycles. The van der Waals surface area contributed by atoms with E-state index in [1.165, 1.54) is 0 Å². The molecule has 5 aliphatic rings. The highest BCUT2D eigenvalue weighted by molar-refractivity contribution is 6.20. The fraction of sp³-hybridized carbons (Fsp3) is 0.0417. The summed E-state index contributed by atoms with van der Waals surface area (Å²) in [4.78, 5) is 19.7. The fourth-order valence-corrected chi connectivity index (χ4v) is 3.83. The smallest absolute Gasteiger partial charge is 0.119 e. The third-order valence-corrected chi connectivity index (χ3v) is 5.23. The van der Waals surface area contributed by atoms with Gasteiger partial charge in [0.05, 0.1) is 39.6 Å². The Bertz CT molecular complexity index is 1410. The minimum Gasteiger partial charge on any atom is -0.355 e. The molecule has 0 amide bonds. The van der Waals surface area contributed by atoms with Gasteiger partial charge in [0.25, 0.3) is 0 Å². The molecule has 0 unspecified atom stereocenters. The summed E-state index contributed by atoms with van der Waals surface area (Å²) in [7, 11) is 2.02. The molecule has 0 saturated carbocycles. The van der Waals surface area contributed by atoms with Crippen molar-refractivity contribution in [1.29, 1.82) is 0 Å². The maximum absolute atomic E-state index is 4.74. The number of allylic oxidation sites excluding steroid dienone is 8. The van der Waals surface area contributed by atoms with Crippen LogP contribution in [0, 0.1) is 0 Å². The van der Waals surface area contributed by atoms with E-state index in [2.05, 4.69) is 38.4 Å². The molecule has 6 nitrogen and oxygen atoms in total. The van der Waals surface area contributed by atoms with E-state index >= 15 is 0 Å². The Labute approximate surface area is 173 Å². The van der Waals surface area contributed by atoms with Crippen LogP contribution in [0.2, 0.25) is 0 Å². The summed E-state index contributed by atoms with van der Waals surface area (Å²) in [5, 5.41) is 5.39. The number of aliphatic imine (C=N–C) groups is 3. The van der Waals surface area contributed by atoms with Crippen LogP contribution in [0.15, 0.2) is 99.1 Å². The van der Waals surface area contributed by atoms with Gasteiger partial charge in [0.15, 0.2) is 0 Å². The SMILES string of the molecule is CN1C=CNC1=c1cc2[nH]c1=CC1=NC(=CC3=NC(=CC4=NC(=C2)C=C4)C=C3)C=C1. The van der Waals surface area contributed by atoms with Crippen LogP contribution in [-0.4, -0.2) is 34.1 Å². The molecule has 0 aliphatic carbocycles. The van der Waals surface area contributed by atoms with Gasteiger partial charge < -0.3 is 15.2 Å². The van der Waals surface area contributed by atoms with Crippen LogP contribution in [-0.2, 0) is 0 Å². The molecule has 1 aromatic rings. The van der Waals surface area contributed by atoms with E-state index in [0.29, 0.717) is 0 Å². The Morgan fingerprint density at radius 1 is 0.733 bits per heavy atom. The van der Waals surface area contributed by atoms with E-state index in [1.807, 2.05) is 68.1 Å². The highest BCUT2D eigenvalue weighted by atomic mass is 15.2. The van der Waals surface area contributed by atoms with Gasteiger partial charge in [0.2, 0.25) is 0 Å².